The van der Waals surface area contributed by atoms with Crippen LogP contribution < -0.4 is 56.5 Å². The van der Waals surface area contributed by atoms with Crippen molar-refractivity contribution in [1.29, 1.82) is 5.26 Å². The normalized spacial score (nSPS) is 10.8. The number of benzene rings is 2. The Labute approximate surface area is 232 Å². The molecule has 0 bridgehead atoms. The number of hydrogen-bond acceptors (Lipinski definition) is 6. The van der Waals surface area contributed by atoms with Crippen LogP contribution in [0.3, 0.4) is 0 Å². The van der Waals surface area contributed by atoms with E-state index >= 15 is 0 Å². The summed E-state index contributed by atoms with van der Waals surface area (Å²) in [6.07, 6.45) is 4.23. The van der Waals surface area contributed by atoms with E-state index in [4.69, 9.17) is 5.26 Å². The van der Waals surface area contributed by atoms with Gasteiger partial charge in [0.05, 0.1) is 35.1 Å². The summed E-state index contributed by atoms with van der Waals surface area (Å²) < 4.78 is 1.87. The number of aldehydes is 1. The van der Waals surface area contributed by atoms with Crippen LogP contribution in [0.4, 0.5) is 0 Å². The predicted octanol–water partition coefficient (Wildman–Crippen LogP) is 0.836. The molecule has 0 unspecified atom stereocenters. The van der Waals surface area contributed by atoms with E-state index in [0.29, 0.717) is 17.8 Å². The predicted molar refractivity (Wildman–Crippen MR) is 120 cm³/mol. The van der Waals surface area contributed by atoms with Crippen molar-refractivity contribution in [2.24, 2.45) is 12.1 Å². The first-order valence-electron chi connectivity index (χ1n) is 9.53. The van der Waals surface area contributed by atoms with Crippen LogP contribution >= 0.6 is 11.8 Å². The summed E-state index contributed by atoms with van der Waals surface area (Å²) in [5.41, 5.74) is 3.88. The van der Waals surface area contributed by atoms with Gasteiger partial charge in [-0.2, -0.15) is 16.6 Å². The summed E-state index contributed by atoms with van der Waals surface area (Å²) in [4.78, 5) is 12.8. The summed E-state index contributed by atoms with van der Waals surface area (Å²) in [5.74, 6) is 0. The van der Waals surface area contributed by atoms with Gasteiger partial charge in [-0.15, -0.1) is 0 Å². The number of aryl methyl sites for hydroxylation is 1. The van der Waals surface area contributed by atoms with Gasteiger partial charge in [0, 0.05) is 35.5 Å². The minimum Gasteiger partial charge on any atom is -0.581 e. The molecule has 154 valence electrons. The molecule has 0 atom stereocenters. The number of nitrogens with zero attached hydrogens (tertiary/aromatic N) is 6. The minimum atomic E-state index is 0. The van der Waals surface area contributed by atoms with Crippen molar-refractivity contribution in [3.8, 4) is 6.07 Å². The molecule has 2 heterocycles. The molecular formula is C23H19KN6OS. The smallest absolute Gasteiger partial charge is 0.581 e. The van der Waals surface area contributed by atoms with Gasteiger partial charge in [-0.25, -0.2) is 0 Å². The Hall–Kier alpha value is -2.19. The average molecular weight is 467 g/mol. The van der Waals surface area contributed by atoms with E-state index in [1.165, 1.54) is 11.8 Å². The van der Waals surface area contributed by atoms with E-state index in [9.17, 15) is 4.79 Å². The largest absolute Gasteiger partial charge is 1.00 e. The van der Waals surface area contributed by atoms with Gasteiger partial charge in [0.25, 0.3) is 0 Å². The quantitative estimate of drug-likeness (QED) is 0.174. The van der Waals surface area contributed by atoms with Gasteiger partial charge in [-0.05, 0) is 35.9 Å². The van der Waals surface area contributed by atoms with E-state index in [-0.39, 0.29) is 51.4 Å². The van der Waals surface area contributed by atoms with Crippen LogP contribution in [0.15, 0.2) is 69.8 Å². The molecule has 0 N–H and O–H groups in total. The zero-order valence-electron chi connectivity index (χ0n) is 18.1. The molecule has 9 heteroatoms. The van der Waals surface area contributed by atoms with E-state index in [2.05, 4.69) is 21.4 Å². The fourth-order valence-corrected chi connectivity index (χ4v) is 4.18. The summed E-state index contributed by atoms with van der Waals surface area (Å²) >= 11 is 1.52. The third-order valence-corrected chi connectivity index (χ3v) is 5.80. The van der Waals surface area contributed by atoms with Gasteiger partial charge in [0.15, 0.2) is 6.29 Å². The van der Waals surface area contributed by atoms with Crippen molar-refractivity contribution >= 4 is 35.2 Å². The number of hydrazone groups is 1. The zero-order valence-corrected chi connectivity index (χ0v) is 22.0. The van der Waals surface area contributed by atoms with Gasteiger partial charge in [0.1, 0.15) is 0 Å². The first-order chi connectivity index (χ1) is 15.1. The third kappa shape index (κ3) is 5.40. The second kappa shape index (κ2) is 11.1. The van der Waals surface area contributed by atoms with Crippen molar-refractivity contribution in [2.75, 3.05) is 7.05 Å². The Balaban J connectivity index is 0.00000289. The molecule has 4 rings (SSSR count). The van der Waals surface area contributed by atoms with Crippen molar-refractivity contribution in [3.63, 3.8) is 0 Å². The Bertz CT molecular complexity index is 1310. The van der Waals surface area contributed by atoms with Crippen molar-refractivity contribution in [3.05, 3.63) is 77.1 Å². The SMILES string of the molecule is CN(Cc1cccc(C#N)c1)/N=C\c1c(C=O)n(C)c2ccc(Sc3cc[n-]n3)cc12.[K+]. The number of carbonyl (C=O) groups excluding carboxylic acids is 1. The molecule has 32 heavy (non-hydrogen) atoms. The van der Waals surface area contributed by atoms with E-state index in [1.54, 1.807) is 23.5 Å². The molecule has 0 saturated heterocycles. The van der Waals surface area contributed by atoms with Crippen LogP contribution in [0, 0.1) is 11.3 Å². The molecule has 0 saturated carbocycles. The number of rotatable bonds is 7. The Morgan fingerprint density at radius 3 is 2.84 bits per heavy atom. The maximum Gasteiger partial charge on any atom is 1.00 e. The molecule has 0 aliphatic rings. The molecule has 0 amide bonds. The van der Waals surface area contributed by atoms with Crippen LogP contribution in [0.2, 0.25) is 0 Å². The molecular weight excluding hydrogens is 447 g/mol. The molecule has 4 aromatic rings. The summed E-state index contributed by atoms with van der Waals surface area (Å²) in [6, 6.07) is 17.5. The van der Waals surface area contributed by atoms with Gasteiger partial charge >= 0.3 is 51.4 Å². The molecule has 0 radical (unpaired) electrons. The van der Waals surface area contributed by atoms with Crippen LogP contribution in [0.1, 0.15) is 27.2 Å². The molecule has 2 aromatic heterocycles. The second-order valence-electron chi connectivity index (χ2n) is 7.00. The monoisotopic (exact) mass is 466 g/mol. The number of nitriles is 1. The second-order valence-corrected chi connectivity index (χ2v) is 8.09. The van der Waals surface area contributed by atoms with Crippen LogP contribution in [0.5, 0.6) is 0 Å². The first kappa shape index (κ1) is 24.4. The first-order valence-corrected chi connectivity index (χ1v) is 10.3. The minimum absolute atomic E-state index is 0. The number of hydrogen-bond donors (Lipinski definition) is 0. The summed E-state index contributed by atoms with van der Waals surface area (Å²) in [6.45, 7) is 0.546. The topological polar surface area (TPSA) is 88.4 Å². The van der Waals surface area contributed by atoms with Crippen LogP contribution in [-0.2, 0) is 13.6 Å². The van der Waals surface area contributed by atoms with Gasteiger partial charge in [0.2, 0.25) is 0 Å². The Morgan fingerprint density at radius 1 is 1.28 bits per heavy atom. The molecule has 0 aliphatic heterocycles. The maximum atomic E-state index is 11.8. The Kier molecular flexibility index (Phi) is 8.48. The van der Waals surface area contributed by atoms with E-state index in [0.717, 1.165) is 38.2 Å². The standard InChI is InChI=1S/C23H19N6OS.K/c1-28(14-17-5-3-4-16(10-17)12-24)26-13-20-19-11-18(31-23-8-9-25-27-23)6-7-21(19)29(2)22(20)15-30;/h3-11,13,15H,14H2,1-2H3;/q-1;+1/b26-13-;. The van der Waals surface area contributed by atoms with E-state index < -0.39 is 0 Å². The molecule has 2 aromatic carbocycles. The maximum absolute atomic E-state index is 11.8. The summed E-state index contributed by atoms with van der Waals surface area (Å²) in [7, 11) is 3.73. The zero-order chi connectivity index (χ0) is 21.8. The van der Waals surface area contributed by atoms with Gasteiger partial charge in [-0.3, -0.25) is 9.80 Å². The average Bonchev–Trinajstić information content (AvgIpc) is 3.38. The number of aromatic nitrogens is 3. The van der Waals surface area contributed by atoms with Gasteiger partial charge in [-0.1, -0.05) is 30.0 Å². The summed E-state index contributed by atoms with van der Waals surface area (Å²) in [5, 5.41) is 25.1. The van der Waals surface area contributed by atoms with E-state index in [1.807, 2.05) is 61.1 Å². The fraction of sp³-hybridized carbons (Fsp3) is 0.130. The number of carbonyl (C=O) groups is 1. The van der Waals surface area contributed by atoms with Crippen LogP contribution in [-0.4, -0.2) is 34.2 Å². The molecule has 0 spiro atoms. The van der Waals surface area contributed by atoms with Crippen molar-refractivity contribution in [1.82, 2.24) is 19.8 Å². The number of fused-ring (bicyclic) bond motifs is 1. The molecule has 7 nitrogen and oxygen atoms in total. The van der Waals surface area contributed by atoms with Crippen LogP contribution in [0.25, 0.3) is 10.9 Å². The fourth-order valence-electron chi connectivity index (χ4n) is 3.41. The third-order valence-electron chi connectivity index (χ3n) is 4.88. The van der Waals surface area contributed by atoms with Gasteiger partial charge < -0.3 is 14.8 Å². The molecule has 0 aliphatic carbocycles. The van der Waals surface area contributed by atoms with Crippen molar-refractivity contribution in [2.45, 2.75) is 16.5 Å². The van der Waals surface area contributed by atoms with Crippen molar-refractivity contribution < 1.29 is 56.2 Å². The molecule has 0 fully saturated rings. The Morgan fingerprint density at radius 2 is 2.12 bits per heavy atom.